The molecule has 8 nitrogen and oxygen atoms in total. The first-order valence-electron chi connectivity index (χ1n) is 9.41. The Morgan fingerprint density at radius 2 is 1.96 bits per heavy atom. The molecule has 0 radical (unpaired) electrons. The number of hydrogen-bond donors (Lipinski definition) is 1. The van der Waals surface area contributed by atoms with Gasteiger partial charge in [0.05, 0.1) is 5.39 Å². The lowest BCUT2D eigenvalue weighted by atomic mass is 9.96. The van der Waals surface area contributed by atoms with E-state index in [1.165, 1.54) is 0 Å². The number of aromatic amines is 1. The summed E-state index contributed by atoms with van der Waals surface area (Å²) in [6, 6.07) is 7.09. The number of carbonyl (C=O) groups is 1. The minimum Gasteiger partial charge on any atom is -0.337 e. The van der Waals surface area contributed by atoms with Crippen LogP contribution < -0.4 is 5.56 Å². The van der Waals surface area contributed by atoms with E-state index >= 15 is 0 Å². The summed E-state index contributed by atoms with van der Waals surface area (Å²) in [6.07, 6.45) is 4.01. The fourth-order valence-electron chi connectivity index (χ4n) is 4.27. The van der Waals surface area contributed by atoms with Gasteiger partial charge in [-0.3, -0.25) is 9.59 Å². The minimum atomic E-state index is -0.280. The Kier molecular flexibility index (Phi) is 3.77. The maximum atomic E-state index is 13.2. The summed E-state index contributed by atoms with van der Waals surface area (Å²) in [4.78, 5) is 27.0. The van der Waals surface area contributed by atoms with E-state index < -0.39 is 0 Å². The molecule has 2 aliphatic rings. The minimum absolute atomic E-state index is 0.145. The van der Waals surface area contributed by atoms with Crippen LogP contribution in [0.15, 0.2) is 29.1 Å². The van der Waals surface area contributed by atoms with Crippen molar-refractivity contribution in [1.82, 2.24) is 29.9 Å². The number of benzene rings is 1. The molecule has 0 saturated carbocycles. The third-order valence-electron chi connectivity index (χ3n) is 5.61. The number of likely N-dealkylation sites (tertiary alicyclic amines) is 1. The van der Waals surface area contributed by atoms with E-state index in [1.807, 2.05) is 11.0 Å². The van der Waals surface area contributed by atoms with Gasteiger partial charge < -0.3 is 9.47 Å². The average Bonchev–Trinajstić information content (AvgIpc) is 3.32. The summed E-state index contributed by atoms with van der Waals surface area (Å²) in [7, 11) is 0. The van der Waals surface area contributed by atoms with E-state index in [-0.39, 0.29) is 17.4 Å². The van der Waals surface area contributed by atoms with Gasteiger partial charge in [0.1, 0.15) is 11.6 Å². The van der Waals surface area contributed by atoms with Crippen LogP contribution in [0.4, 0.5) is 0 Å². The van der Waals surface area contributed by atoms with Crippen molar-refractivity contribution in [3.8, 4) is 0 Å². The highest BCUT2D eigenvalue weighted by atomic mass is 16.2. The molecule has 5 rings (SSSR count). The summed E-state index contributed by atoms with van der Waals surface area (Å²) in [5.74, 6) is 2.10. The molecule has 1 atom stereocenters. The SMILES string of the molecule is O=C(c1n[nH]c(=O)c2ccccc12)N1CCCC(c2nnc3n2CCC3)C1. The Balaban J connectivity index is 1.46. The largest absolute Gasteiger partial charge is 0.337 e. The van der Waals surface area contributed by atoms with Gasteiger partial charge in [0, 0.05) is 37.4 Å². The number of aryl methyl sites for hydroxylation is 1. The zero-order chi connectivity index (χ0) is 18.4. The van der Waals surface area contributed by atoms with Crippen molar-refractivity contribution in [2.45, 2.75) is 38.1 Å². The molecule has 1 N–H and O–H groups in total. The number of H-pyrrole nitrogens is 1. The molecular formula is C19H20N6O2. The van der Waals surface area contributed by atoms with Gasteiger partial charge in [-0.05, 0) is 25.3 Å². The van der Waals surface area contributed by atoms with Crippen LogP contribution in [-0.2, 0) is 13.0 Å². The third kappa shape index (κ3) is 2.63. The first kappa shape index (κ1) is 16.2. The zero-order valence-electron chi connectivity index (χ0n) is 14.9. The van der Waals surface area contributed by atoms with E-state index in [0.29, 0.717) is 29.6 Å². The van der Waals surface area contributed by atoms with Crippen LogP contribution in [0.3, 0.4) is 0 Å². The van der Waals surface area contributed by atoms with Crippen LogP contribution >= 0.6 is 0 Å². The molecule has 1 aromatic carbocycles. The number of rotatable bonds is 2. The number of piperidine rings is 1. The molecule has 1 unspecified atom stereocenters. The number of aromatic nitrogens is 5. The van der Waals surface area contributed by atoms with Gasteiger partial charge in [-0.15, -0.1) is 10.2 Å². The van der Waals surface area contributed by atoms with Crippen molar-refractivity contribution in [1.29, 1.82) is 0 Å². The lowest BCUT2D eigenvalue weighted by Gasteiger charge is -2.32. The van der Waals surface area contributed by atoms with Crippen molar-refractivity contribution in [3.05, 3.63) is 52.0 Å². The summed E-state index contributed by atoms with van der Waals surface area (Å²) in [5, 5.41) is 16.3. The van der Waals surface area contributed by atoms with Gasteiger partial charge in [-0.2, -0.15) is 5.10 Å². The van der Waals surface area contributed by atoms with Gasteiger partial charge in [-0.25, -0.2) is 5.10 Å². The molecule has 138 valence electrons. The van der Waals surface area contributed by atoms with Crippen LogP contribution in [0.25, 0.3) is 10.8 Å². The third-order valence-corrected chi connectivity index (χ3v) is 5.61. The Labute approximate surface area is 155 Å². The molecule has 1 amide bonds. The molecule has 3 aromatic rings. The molecular weight excluding hydrogens is 344 g/mol. The van der Waals surface area contributed by atoms with Crippen molar-refractivity contribution < 1.29 is 4.79 Å². The van der Waals surface area contributed by atoms with E-state index in [0.717, 1.165) is 43.9 Å². The van der Waals surface area contributed by atoms with Gasteiger partial charge in [-0.1, -0.05) is 18.2 Å². The Bertz CT molecular complexity index is 1090. The average molecular weight is 364 g/mol. The standard InChI is InChI=1S/C19H20N6O2/c26-18-14-7-2-1-6-13(14)16(21-23-18)19(27)24-9-3-5-12(11-24)17-22-20-15-8-4-10-25(15)17/h1-2,6-7,12H,3-5,8-11H2,(H,23,26). The fourth-order valence-corrected chi connectivity index (χ4v) is 4.27. The van der Waals surface area contributed by atoms with Gasteiger partial charge in [0.25, 0.3) is 11.5 Å². The number of fused-ring (bicyclic) bond motifs is 2. The van der Waals surface area contributed by atoms with E-state index in [4.69, 9.17) is 0 Å². The first-order valence-corrected chi connectivity index (χ1v) is 9.41. The topological polar surface area (TPSA) is 96.8 Å². The summed E-state index contributed by atoms with van der Waals surface area (Å²) in [5.41, 5.74) is 0.0232. The predicted molar refractivity (Wildman–Crippen MR) is 98.6 cm³/mol. The van der Waals surface area contributed by atoms with E-state index in [9.17, 15) is 9.59 Å². The molecule has 1 saturated heterocycles. The predicted octanol–water partition coefficient (Wildman–Crippen LogP) is 1.48. The fraction of sp³-hybridized carbons (Fsp3) is 0.421. The number of carbonyl (C=O) groups excluding carboxylic acids is 1. The highest BCUT2D eigenvalue weighted by molar-refractivity contribution is 6.04. The molecule has 0 aliphatic carbocycles. The molecule has 4 heterocycles. The van der Waals surface area contributed by atoms with Crippen LogP contribution in [0.2, 0.25) is 0 Å². The van der Waals surface area contributed by atoms with Gasteiger partial charge in [0.15, 0.2) is 5.69 Å². The second-order valence-corrected chi connectivity index (χ2v) is 7.27. The summed E-state index contributed by atoms with van der Waals surface area (Å²) in [6.45, 7) is 2.26. The van der Waals surface area contributed by atoms with Gasteiger partial charge >= 0.3 is 0 Å². The van der Waals surface area contributed by atoms with Crippen LogP contribution in [0, 0.1) is 0 Å². The first-order chi connectivity index (χ1) is 13.2. The molecule has 2 aromatic heterocycles. The number of amides is 1. The Hall–Kier alpha value is -3.03. The summed E-state index contributed by atoms with van der Waals surface area (Å²) < 4.78 is 2.21. The second kappa shape index (κ2) is 6.29. The molecule has 0 spiro atoms. The van der Waals surface area contributed by atoms with Crippen molar-refractivity contribution >= 4 is 16.7 Å². The van der Waals surface area contributed by atoms with Crippen LogP contribution in [0.5, 0.6) is 0 Å². The normalized spacial score (nSPS) is 19.4. The highest BCUT2D eigenvalue weighted by Crippen LogP contribution is 2.29. The van der Waals surface area contributed by atoms with Gasteiger partial charge in [0.2, 0.25) is 0 Å². The van der Waals surface area contributed by atoms with E-state index in [2.05, 4.69) is 25.0 Å². The zero-order valence-corrected chi connectivity index (χ0v) is 14.9. The second-order valence-electron chi connectivity index (χ2n) is 7.27. The maximum absolute atomic E-state index is 13.2. The number of nitrogens with one attached hydrogen (secondary N) is 1. The number of hydrogen-bond acceptors (Lipinski definition) is 5. The quantitative estimate of drug-likeness (QED) is 0.743. The van der Waals surface area contributed by atoms with Crippen LogP contribution in [-0.4, -0.2) is 48.9 Å². The molecule has 0 bridgehead atoms. The smallest absolute Gasteiger partial charge is 0.274 e. The monoisotopic (exact) mass is 364 g/mol. The molecule has 2 aliphatic heterocycles. The maximum Gasteiger partial charge on any atom is 0.274 e. The van der Waals surface area contributed by atoms with Crippen LogP contribution in [0.1, 0.15) is 47.3 Å². The van der Waals surface area contributed by atoms with Crippen molar-refractivity contribution in [3.63, 3.8) is 0 Å². The summed E-state index contributed by atoms with van der Waals surface area (Å²) >= 11 is 0. The lowest BCUT2D eigenvalue weighted by Crippen LogP contribution is -2.40. The Morgan fingerprint density at radius 1 is 1.11 bits per heavy atom. The number of nitrogens with zero attached hydrogens (tertiary/aromatic N) is 5. The van der Waals surface area contributed by atoms with E-state index in [1.54, 1.807) is 18.2 Å². The Morgan fingerprint density at radius 3 is 2.85 bits per heavy atom. The highest BCUT2D eigenvalue weighted by Gasteiger charge is 2.31. The van der Waals surface area contributed by atoms with Crippen molar-refractivity contribution in [2.24, 2.45) is 0 Å². The lowest BCUT2D eigenvalue weighted by molar-refractivity contribution is 0.0698. The molecule has 8 heteroatoms. The molecule has 27 heavy (non-hydrogen) atoms. The van der Waals surface area contributed by atoms with Crippen molar-refractivity contribution in [2.75, 3.05) is 13.1 Å². The molecule has 1 fully saturated rings.